The van der Waals surface area contributed by atoms with Crippen molar-refractivity contribution in [1.82, 2.24) is 4.90 Å². The third-order valence-electron chi connectivity index (χ3n) is 3.95. The van der Waals surface area contributed by atoms with Crippen LogP contribution >= 0.6 is 0 Å². The molecule has 0 bridgehead atoms. The molecule has 1 heterocycles. The van der Waals surface area contributed by atoms with E-state index in [-0.39, 0.29) is 6.04 Å². The zero-order chi connectivity index (χ0) is 14.4. The van der Waals surface area contributed by atoms with E-state index in [0.717, 1.165) is 43.3 Å². The van der Waals surface area contributed by atoms with Crippen molar-refractivity contribution < 1.29 is 4.74 Å². The lowest BCUT2D eigenvalue weighted by Crippen LogP contribution is -2.35. The monoisotopic (exact) mass is 272 g/mol. The van der Waals surface area contributed by atoms with Crippen LogP contribution in [0.25, 0.3) is 0 Å². The van der Waals surface area contributed by atoms with Crippen LogP contribution in [0.1, 0.15) is 44.7 Å². The van der Waals surface area contributed by atoms with Gasteiger partial charge in [0.1, 0.15) is 11.8 Å². The van der Waals surface area contributed by atoms with Crippen LogP contribution in [-0.4, -0.2) is 24.6 Å². The van der Waals surface area contributed by atoms with Gasteiger partial charge in [-0.05, 0) is 56.0 Å². The Labute approximate surface area is 122 Å². The highest BCUT2D eigenvalue weighted by molar-refractivity contribution is 5.33. The molecule has 0 N–H and O–H groups in total. The van der Waals surface area contributed by atoms with Crippen molar-refractivity contribution in [3.8, 4) is 11.8 Å². The fraction of sp³-hybridized carbons (Fsp3) is 0.588. The Morgan fingerprint density at radius 2 is 2.15 bits per heavy atom. The average molecular weight is 272 g/mol. The molecule has 0 aromatic heterocycles. The first-order valence-electron chi connectivity index (χ1n) is 7.61. The third-order valence-corrected chi connectivity index (χ3v) is 3.95. The Morgan fingerprint density at radius 3 is 2.80 bits per heavy atom. The van der Waals surface area contributed by atoms with Gasteiger partial charge in [-0.15, -0.1) is 0 Å². The van der Waals surface area contributed by atoms with E-state index < -0.39 is 0 Å². The molecule has 0 amide bonds. The second kappa shape index (κ2) is 7.31. The maximum atomic E-state index is 9.53. The summed E-state index contributed by atoms with van der Waals surface area (Å²) in [5.74, 6) is 1.65. The average Bonchev–Trinajstić information content (AvgIpc) is 2.48. The molecule has 20 heavy (non-hydrogen) atoms. The Bertz CT molecular complexity index is 458. The molecular formula is C17H24N2O. The summed E-state index contributed by atoms with van der Waals surface area (Å²) < 4.78 is 5.67. The van der Waals surface area contributed by atoms with Gasteiger partial charge in [-0.1, -0.05) is 26.0 Å². The molecule has 1 saturated heterocycles. The highest BCUT2D eigenvalue weighted by Crippen LogP contribution is 2.28. The van der Waals surface area contributed by atoms with Crippen molar-refractivity contribution in [2.75, 3.05) is 19.7 Å². The number of hydrogen-bond donors (Lipinski definition) is 0. The van der Waals surface area contributed by atoms with E-state index in [1.165, 1.54) is 12.8 Å². The second-order valence-electron chi connectivity index (χ2n) is 5.67. The molecule has 3 heteroatoms. The van der Waals surface area contributed by atoms with E-state index in [9.17, 15) is 5.26 Å². The Hall–Kier alpha value is -1.53. The normalized spacial score (nSPS) is 18.4. The van der Waals surface area contributed by atoms with Crippen LogP contribution in [-0.2, 0) is 0 Å². The summed E-state index contributed by atoms with van der Waals surface area (Å²) >= 11 is 0. The first kappa shape index (κ1) is 14.9. The minimum absolute atomic E-state index is 0.146. The summed E-state index contributed by atoms with van der Waals surface area (Å²) in [6.45, 7) is 7.13. The number of rotatable bonds is 5. The quantitative estimate of drug-likeness (QED) is 0.818. The van der Waals surface area contributed by atoms with Crippen molar-refractivity contribution in [1.29, 1.82) is 5.26 Å². The van der Waals surface area contributed by atoms with E-state index in [1.807, 2.05) is 24.3 Å². The van der Waals surface area contributed by atoms with Crippen LogP contribution in [0.15, 0.2) is 24.3 Å². The molecule has 2 rings (SSSR count). The number of likely N-dealkylation sites (tertiary alicyclic amines) is 1. The summed E-state index contributed by atoms with van der Waals surface area (Å²) in [5.41, 5.74) is 1.05. The van der Waals surface area contributed by atoms with Gasteiger partial charge in [0.05, 0.1) is 12.7 Å². The fourth-order valence-electron chi connectivity index (χ4n) is 2.65. The number of piperidine rings is 1. The third kappa shape index (κ3) is 3.74. The maximum absolute atomic E-state index is 9.53. The lowest BCUT2D eigenvalue weighted by molar-refractivity contribution is 0.164. The lowest BCUT2D eigenvalue weighted by Gasteiger charge is -2.33. The van der Waals surface area contributed by atoms with E-state index >= 15 is 0 Å². The van der Waals surface area contributed by atoms with Crippen LogP contribution in [0.2, 0.25) is 0 Å². The van der Waals surface area contributed by atoms with Crippen LogP contribution in [0.4, 0.5) is 0 Å². The van der Waals surface area contributed by atoms with Gasteiger partial charge in [0.2, 0.25) is 0 Å². The molecule has 0 saturated carbocycles. The molecule has 1 unspecified atom stereocenters. The van der Waals surface area contributed by atoms with Gasteiger partial charge >= 0.3 is 0 Å². The highest BCUT2D eigenvalue weighted by Gasteiger charge is 2.24. The number of nitrogens with zero attached hydrogens (tertiary/aromatic N) is 2. The first-order valence-corrected chi connectivity index (χ1v) is 7.61. The molecule has 1 aromatic carbocycles. The summed E-state index contributed by atoms with van der Waals surface area (Å²) in [4.78, 5) is 2.29. The molecule has 1 aliphatic rings. The largest absolute Gasteiger partial charge is 0.494 e. The van der Waals surface area contributed by atoms with Crippen LogP contribution < -0.4 is 4.74 Å². The molecule has 3 nitrogen and oxygen atoms in total. The molecule has 1 atom stereocenters. The number of benzene rings is 1. The summed E-state index contributed by atoms with van der Waals surface area (Å²) in [7, 11) is 0. The minimum Gasteiger partial charge on any atom is -0.494 e. The standard InChI is InChI=1S/C17H24N2O/c1-3-11-20-16-6-4-5-15(12-16)17(13-18)19-9-7-14(2)8-10-19/h4-6,12,14,17H,3,7-11H2,1-2H3. The number of ether oxygens (including phenoxy) is 1. The van der Waals surface area contributed by atoms with Gasteiger partial charge in [-0.25, -0.2) is 0 Å². The van der Waals surface area contributed by atoms with Crippen molar-refractivity contribution in [2.24, 2.45) is 5.92 Å². The van der Waals surface area contributed by atoms with Crippen LogP contribution in [0, 0.1) is 17.2 Å². The Morgan fingerprint density at radius 1 is 1.40 bits per heavy atom. The van der Waals surface area contributed by atoms with Crippen LogP contribution in [0.3, 0.4) is 0 Å². The van der Waals surface area contributed by atoms with Gasteiger partial charge < -0.3 is 4.74 Å². The minimum atomic E-state index is -0.146. The highest BCUT2D eigenvalue weighted by atomic mass is 16.5. The maximum Gasteiger partial charge on any atom is 0.123 e. The first-order chi connectivity index (χ1) is 9.74. The zero-order valence-corrected chi connectivity index (χ0v) is 12.5. The molecule has 0 aliphatic carbocycles. The van der Waals surface area contributed by atoms with Crippen molar-refractivity contribution in [2.45, 2.75) is 39.2 Å². The number of hydrogen-bond acceptors (Lipinski definition) is 3. The Balaban J connectivity index is 2.09. The van der Waals surface area contributed by atoms with Gasteiger partial charge in [0, 0.05) is 0 Å². The van der Waals surface area contributed by atoms with Gasteiger partial charge in [0.15, 0.2) is 0 Å². The zero-order valence-electron chi connectivity index (χ0n) is 12.5. The van der Waals surface area contributed by atoms with E-state index in [1.54, 1.807) is 0 Å². The van der Waals surface area contributed by atoms with Gasteiger partial charge in [-0.3, -0.25) is 4.90 Å². The SMILES string of the molecule is CCCOc1cccc(C(C#N)N2CCC(C)CC2)c1. The summed E-state index contributed by atoms with van der Waals surface area (Å²) in [6, 6.07) is 10.3. The predicted molar refractivity (Wildman–Crippen MR) is 80.6 cm³/mol. The van der Waals surface area contributed by atoms with Crippen molar-refractivity contribution in [3.05, 3.63) is 29.8 Å². The summed E-state index contributed by atoms with van der Waals surface area (Å²) in [5, 5.41) is 9.53. The van der Waals surface area contributed by atoms with Crippen LogP contribution in [0.5, 0.6) is 5.75 Å². The van der Waals surface area contributed by atoms with E-state index in [2.05, 4.69) is 24.8 Å². The van der Waals surface area contributed by atoms with Crippen molar-refractivity contribution in [3.63, 3.8) is 0 Å². The predicted octanol–water partition coefficient (Wildman–Crippen LogP) is 3.77. The Kier molecular flexibility index (Phi) is 5.43. The topological polar surface area (TPSA) is 36.3 Å². The molecule has 0 radical (unpaired) electrons. The van der Waals surface area contributed by atoms with Gasteiger partial charge in [0.25, 0.3) is 0 Å². The van der Waals surface area contributed by atoms with E-state index in [4.69, 9.17) is 4.74 Å². The number of nitriles is 1. The molecule has 108 valence electrons. The summed E-state index contributed by atoms with van der Waals surface area (Å²) in [6.07, 6.45) is 3.37. The smallest absolute Gasteiger partial charge is 0.123 e. The molecular weight excluding hydrogens is 248 g/mol. The molecule has 0 spiro atoms. The second-order valence-corrected chi connectivity index (χ2v) is 5.67. The molecule has 1 aromatic rings. The fourth-order valence-corrected chi connectivity index (χ4v) is 2.65. The van der Waals surface area contributed by atoms with E-state index in [0.29, 0.717) is 0 Å². The molecule has 1 fully saturated rings. The lowest BCUT2D eigenvalue weighted by atomic mass is 9.96. The van der Waals surface area contributed by atoms with Crippen molar-refractivity contribution >= 4 is 0 Å². The van der Waals surface area contributed by atoms with Gasteiger partial charge in [-0.2, -0.15) is 5.26 Å². The molecule has 1 aliphatic heterocycles.